The van der Waals surface area contributed by atoms with Crippen LogP contribution in [0.5, 0.6) is 0 Å². The Morgan fingerprint density at radius 1 is 1.04 bits per heavy atom. The second-order valence-corrected chi connectivity index (χ2v) is 6.96. The number of fused-ring (bicyclic) bond motifs is 1. The zero-order chi connectivity index (χ0) is 18.8. The average molecular weight is 365 g/mol. The number of benzene rings is 1. The Balaban J connectivity index is 1.40. The van der Waals surface area contributed by atoms with Gasteiger partial charge in [0.15, 0.2) is 0 Å². The number of aromatic nitrogens is 1. The summed E-state index contributed by atoms with van der Waals surface area (Å²) in [5.74, 6) is 0.254. The van der Waals surface area contributed by atoms with E-state index < -0.39 is 5.91 Å². The standard InChI is InChI=1S/C20H23N5O2/c21-18(26)16-6-3-7-22-19(16)24-8-10-25(11-9-24)20(27)17-12-14-4-1-2-5-15(14)13-23-17/h1-7,17,23H,8-13H2,(H2,21,26)/t17-/m0/s1. The van der Waals surface area contributed by atoms with Gasteiger partial charge in [-0.1, -0.05) is 24.3 Å². The van der Waals surface area contributed by atoms with E-state index in [0.29, 0.717) is 37.6 Å². The fourth-order valence-electron chi connectivity index (χ4n) is 3.83. The minimum atomic E-state index is -0.485. The van der Waals surface area contributed by atoms with E-state index in [9.17, 15) is 9.59 Å². The molecule has 3 N–H and O–H groups in total. The van der Waals surface area contributed by atoms with Crippen LogP contribution in [0, 0.1) is 0 Å². The van der Waals surface area contributed by atoms with E-state index in [2.05, 4.69) is 22.4 Å². The molecule has 7 heteroatoms. The minimum Gasteiger partial charge on any atom is -0.365 e. The van der Waals surface area contributed by atoms with E-state index in [4.69, 9.17) is 5.73 Å². The smallest absolute Gasteiger partial charge is 0.252 e. The highest BCUT2D eigenvalue weighted by molar-refractivity contribution is 5.97. The number of piperazine rings is 1. The molecule has 1 aromatic carbocycles. The number of rotatable bonds is 3. The van der Waals surface area contributed by atoms with Crippen molar-refractivity contribution in [2.45, 2.75) is 19.0 Å². The number of pyridine rings is 1. The lowest BCUT2D eigenvalue weighted by atomic mass is 9.95. The first-order valence-electron chi connectivity index (χ1n) is 9.22. The van der Waals surface area contributed by atoms with Crippen LogP contribution in [0.1, 0.15) is 21.5 Å². The van der Waals surface area contributed by atoms with Gasteiger partial charge >= 0.3 is 0 Å². The van der Waals surface area contributed by atoms with Crippen LogP contribution in [-0.2, 0) is 17.8 Å². The van der Waals surface area contributed by atoms with Crippen LogP contribution in [0.2, 0.25) is 0 Å². The molecule has 0 radical (unpaired) electrons. The highest BCUT2D eigenvalue weighted by Gasteiger charge is 2.30. The average Bonchev–Trinajstić information content (AvgIpc) is 2.73. The molecule has 0 unspecified atom stereocenters. The molecule has 2 aliphatic heterocycles. The summed E-state index contributed by atoms with van der Waals surface area (Å²) in [5.41, 5.74) is 8.38. The first-order valence-corrected chi connectivity index (χ1v) is 9.22. The number of hydrogen-bond donors (Lipinski definition) is 2. The van der Waals surface area contributed by atoms with Crippen molar-refractivity contribution in [1.82, 2.24) is 15.2 Å². The Labute approximate surface area is 158 Å². The maximum atomic E-state index is 12.9. The summed E-state index contributed by atoms with van der Waals surface area (Å²) in [6.07, 6.45) is 2.38. The normalized spacial score (nSPS) is 19.5. The molecule has 0 saturated carbocycles. The number of nitrogens with one attached hydrogen (secondary N) is 1. The molecule has 0 bridgehead atoms. The van der Waals surface area contributed by atoms with Gasteiger partial charge in [0.25, 0.3) is 5.91 Å². The molecule has 0 aliphatic carbocycles. The van der Waals surface area contributed by atoms with Crippen LogP contribution in [0.4, 0.5) is 5.82 Å². The third kappa shape index (κ3) is 3.50. The molecule has 1 atom stereocenters. The molecule has 7 nitrogen and oxygen atoms in total. The molecule has 2 aromatic rings. The number of anilines is 1. The van der Waals surface area contributed by atoms with Crippen molar-refractivity contribution in [3.63, 3.8) is 0 Å². The Hall–Kier alpha value is -2.93. The second kappa shape index (κ2) is 7.36. The molecule has 4 rings (SSSR count). The first kappa shape index (κ1) is 17.5. The highest BCUT2D eigenvalue weighted by atomic mass is 16.2. The van der Waals surface area contributed by atoms with Crippen molar-refractivity contribution in [1.29, 1.82) is 0 Å². The Kier molecular flexibility index (Phi) is 4.77. The van der Waals surface area contributed by atoms with Crippen LogP contribution >= 0.6 is 0 Å². The van der Waals surface area contributed by atoms with Gasteiger partial charge in [-0.3, -0.25) is 9.59 Å². The maximum absolute atomic E-state index is 12.9. The van der Waals surface area contributed by atoms with Crippen molar-refractivity contribution in [3.05, 3.63) is 59.3 Å². The van der Waals surface area contributed by atoms with Crippen molar-refractivity contribution < 1.29 is 9.59 Å². The van der Waals surface area contributed by atoms with Gasteiger partial charge in [0.1, 0.15) is 5.82 Å². The van der Waals surface area contributed by atoms with Crippen molar-refractivity contribution in [2.24, 2.45) is 5.73 Å². The number of carbonyl (C=O) groups is 2. The van der Waals surface area contributed by atoms with Crippen molar-refractivity contribution in [2.75, 3.05) is 31.1 Å². The molecule has 140 valence electrons. The van der Waals surface area contributed by atoms with Gasteiger partial charge in [0.2, 0.25) is 5.91 Å². The van der Waals surface area contributed by atoms with Crippen molar-refractivity contribution >= 4 is 17.6 Å². The van der Waals surface area contributed by atoms with Crippen LogP contribution in [-0.4, -0.2) is 53.9 Å². The largest absolute Gasteiger partial charge is 0.365 e. The molecule has 1 saturated heterocycles. The molecule has 3 heterocycles. The summed E-state index contributed by atoms with van der Waals surface area (Å²) in [4.78, 5) is 32.8. The number of hydrogen-bond acceptors (Lipinski definition) is 5. The molecule has 2 amide bonds. The zero-order valence-electron chi connectivity index (χ0n) is 15.1. The number of nitrogens with two attached hydrogens (primary N) is 1. The third-order valence-electron chi connectivity index (χ3n) is 5.32. The van der Waals surface area contributed by atoms with E-state index >= 15 is 0 Å². The van der Waals surface area contributed by atoms with Gasteiger partial charge in [0, 0.05) is 38.9 Å². The summed E-state index contributed by atoms with van der Waals surface area (Å²) >= 11 is 0. The topological polar surface area (TPSA) is 91.6 Å². The zero-order valence-corrected chi connectivity index (χ0v) is 15.1. The third-order valence-corrected chi connectivity index (χ3v) is 5.32. The van der Waals surface area contributed by atoms with Crippen LogP contribution in [0.3, 0.4) is 0 Å². The lowest BCUT2D eigenvalue weighted by molar-refractivity contribution is -0.134. The van der Waals surface area contributed by atoms with E-state index in [1.165, 1.54) is 11.1 Å². The number of nitrogens with zero attached hydrogens (tertiary/aromatic N) is 3. The van der Waals surface area contributed by atoms with Gasteiger partial charge in [-0.2, -0.15) is 0 Å². The van der Waals surface area contributed by atoms with E-state index in [-0.39, 0.29) is 11.9 Å². The maximum Gasteiger partial charge on any atom is 0.252 e. The fourth-order valence-corrected chi connectivity index (χ4v) is 3.83. The summed E-state index contributed by atoms with van der Waals surface area (Å²) in [6.45, 7) is 3.20. The van der Waals surface area contributed by atoms with Gasteiger partial charge < -0.3 is 20.9 Å². The molecule has 0 spiro atoms. The number of primary amides is 1. The molecule has 1 aromatic heterocycles. The Morgan fingerprint density at radius 2 is 1.78 bits per heavy atom. The lowest BCUT2D eigenvalue weighted by Gasteiger charge is -2.38. The number of amides is 2. The first-order chi connectivity index (χ1) is 13.1. The summed E-state index contributed by atoms with van der Waals surface area (Å²) in [7, 11) is 0. The minimum absolute atomic E-state index is 0.139. The second-order valence-electron chi connectivity index (χ2n) is 6.96. The van der Waals surface area contributed by atoms with Gasteiger partial charge in [-0.05, 0) is 29.7 Å². The summed E-state index contributed by atoms with van der Waals surface area (Å²) in [6, 6.07) is 11.5. The van der Waals surface area contributed by atoms with Gasteiger partial charge in [-0.15, -0.1) is 0 Å². The number of carbonyl (C=O) groups excluding carboxylic acids is 2. The monoisotopic (exact) mass is 365 g/mol. The predicted molar refractivity (Wildman–Crippen MR) is 102 cm³/mol. The van der Waals surface area contributed by atoms with Gasteiger partial charge in [0.05, 0.1) is 11.6 Å². The van der Waals surface area contributed by atoms with Crippen molar-refractivity contribution in [3.8, 4) is 0 Å². The van der Waals surface area contributed by atoms with Crippen LogP contribution < -0.4 is 16.0 Å². The quantitative estimate of drug-likeness (QED) is 0.829. The molecular weight excluding hydrogens is 342 g/mol. The SMILES string of the molecule is NC(=O)c1cccnc1N1CCN(C(=O)[C@@H]2Cc3ccccc3CN2)CC1. The molecule has 1 fully saturated rings. The van der Waals surface area contributed by atoms with Gasteiger partial charge in [-0.25, -0.2) is 4.98 Å². The molecule has 2 aliphatic rings. The Morgan fingerprint density at radius 3 is 2.52 bits per heavy atom. The summed E-state index contributed by atoms with van der Waals surface area (Å²) < 4.78 is 0. The molecule has 27 heavy (non-hydrogen) atoms. The predicted octanol–water partition coefficient (Wildman–Crippen LogP) is 0.544. The van der Waals surface area contributed by atoms with E-state index in [1.54, 1.807) is 18.3 Å². The summed E-state index contributed by atoms with van der Waals surface area (Å²) in [5, 5.41) is 3.36. The van der Waals surface area contributed by atoms with Crippen LogP contribution in [0.15, 0.2) is 42.6 Å². The molecular formula is C20H23N5O2. The fraction of sp³-hybridized carbons (Fsp3) is 0.350. The lowest BCUT2D eigenvalue weighted by Crippen LogP contribution is -2.55. The van der Waals surface area contributed by atoms with Crippen LogP contribution in [0.25, 0.3) is 0 Å². The van der Waals surface area contributed by atoms with E-state index in [0.717, 1.165) is 13.0 Å². The highest BCUT2D eigenvalue weighted by Crippen LogP contribution is 2.21. The Bertz CT molecular complexity index is 861. The van der Waals surface area contributed by atoms with E-state index in [1.807, 2.05) is 21.9 Å².